The standard InChI is InChI=1S/C18H36O2.C17H36O3/c1-2-3-4-5-6-7-8-9-10-11-12-13-14-15-16-17-18(19)20;1-2-3-4-5-6-7-8-9-10-11-12-13-14-20-16-17(19)15-18/h2-17H2,1H3,(H,19,20);17-19H,2-16H2,1H3. The van der Waals surface area contributed by atoms with Gasteiger partial charge < -0.3 is 20.1 Å². The fourth-order valence-corrected chi connectivity index (χ4v) is 4.96. The molecule has 0 aliphatic carbocycles. The molecule has 0 bridgehead atoms. The Morgan fingerprint density at radius 3 is 1.12 bits per heavy atom. The molecule has 242 valence electrons. The molecule has 0 saturated carbocycles. The average Bonchev–Trinajstić information content (AvgIpc) is 2.95. The molecule has 0 aliphatic rings. The van der Waals surface area contributed by atoms with Crippen LogP contribution in [-0.2, 0) is 9.53 Å². The van der Waals surface area contributed by atoms with Gasteiger partial charge in [-0.2, -0.15) is 0 Å². The number of rotatable bonds is 32. The second kappa shape index (κ2) is 38.4. The van der Waals surface area contributed by atoms with Crippen LogP contribution in [0.15, 0.2) is 0 Å². The molecule has 1 unspecified atom stereocenters. The van der Waals surface area contributed by atoms with Gasteiger partial charge in [-0.25, -0.2) is 0 Å². The van der Waals surface area contributed by atoms with Gasteiger partial charge in [0.2, 0.25) is 0 Å². The van der Waals surface area contributed by atoms with Crippen LogP contribution in [-0.4, -0.2) is 47.2 Å². The number of carbonyl (C=O) groups is 1. The van der Waals surface area contributed by atoms with Gasteiger partial charge in [0.25, 0.3) is 0 Å². The van der Waals surface area contributed by atoms with Crippen LogP contribution in [0, 0.1) is 0 Å². The summed E-state index contributed by atoms with van der Waals surface area (Å²) >= 11 is 0. The minimum absolute atomic E-state index is 0.210. The lowest BCUT2D eigenvalue weighted by Crippen LogP contribution is -2.19. The number of carboxylic acids is 1. The summed E-state index contributed by atoms with van der Waals surface area (Å²) in [5.41, 5.74) is 0. The molecule has 0 aromatic carbocycles. The predicted octanol–water partition coefficient (Wildman–Crippen LogP) is 10.4. The molecule has 0 aliphatic heterocycles. The Hall–Kier alpha value is -0.650. The van der Waals surface area contributed by atoms with Crippen molar-refractivity contribution in [2.45, 2.75) is 200 Å². The molecule has 0 rings (SSSR count). The highest BCUT2D eigenvalue weighted by molar-refractivity contribution is 5.66. The van der Waals surface area contributed by atoms with Crippen LogP contribution >= 0.6 is 0 Å². The maximum absolute atomic E-state index is 10.3. The van der Waals surface area contributed by atoms with Gasteiger partial charge in [0.15, 0.2) is 0 Å². The maximum Gasteiger partial charge on any atom is 0.303 e. The Labute approximate surface area is 250 Å². The van der Waals surface area contributed by atoms with E-state index in [9.17, 15) is 4.79 Å². The molecule has 5 nitrogen and oxygen atoms in total. The summed E-state index contributed by atoms with van der Waals surface area (Å²) in [6, 6.07) is 0. The van der Waals surface area contributed by atoms with Crippen LogP contribution in [0.3, 0.4) is 0 Å². The summed E-state index contributed by atoms with van der Waals surface area (Å²) in [6.07, 6.45) is 35.6. The van der Waals surface area contributed by atoms with E-state index in [2.05, 4.69) is 13.8 Å². The van der Waals surface area contributed by atoms with Gasteiger partial charge in [0, 0.05) is 13.0 Å². The number of hydrogen-bond acceptors (Lipinski definition) is 4. The lowest BCUT2D eigenvalue weighted by Gasteiger charge is -2.08. The molecule has 0 radical (unpaired) electrons. The zero-order chi connectivity index (χ0) is 29.8. The number of aliphatic hydroxyl groups excluding tert-OH is 2. The second-order valence-electron chi connectivity index (χ2n) is 11.9. The Bertz CT molecular complexity index is 457. The Balaban J connectivity index is 0. The van der Waals surface area contributed by atoms with Crippen LogP contribution in [0.4, 0.5) is 0 Å². The van der Waals surface area contributed by atoms with E-state index in [4.69, 9.17) is 20.1 Å². The first kappa shape index (κ1) is 41.5. The zero-order valence-corrected chi connectivity index (χ0v) is 27.2. The van der Waals surface area contributed by atoms with E-state index in [0.717, 1.165) is 19.3 Å². The summed E-state index contributed by atoms with van der Waals surface area (Å²) in [5.74, 6) is -0.653. The first-order valence-corrected chi connectivity index (χ1v) is 17.7. The minimum Gasteiger partial charge on any atom is -0.481 e. The molecule has 0 spiro atoms. The van der Waals surface area contributed by atoms with Crippen molar-refractivity contribution in [1.29, 1.82) is 0 Å². The van der Waals surface area contributed by atoms with Crippen molar-refractivity contribution >= 4 is 5.97 Å². The third-order valence-electron chi connectivity index (χ3n) is 7.66. The largest absolute Gasteiger partial charge is 0.481 e. The highest BCUT2D eigenvalue weighted by atomic mass is 16.5. The SMILES string of the molecule is CCCCCCCCCCCCCCCCCC(=O)O.CCCCCCCCCCCCCCOCC(O)CO. The summed E-state index contributed by atoms with van der Waals surface area (Å²) in [5, 5.41) is 26.2. The summed E-state index contributed by atoms with van der Waals surface area (Å²) < 4.78 is 5.27. The van der Waals surface area contributed by atoms with E-state index in [1.807, 2.05) is 0 Å². The number of unbranched alkanes of at least 4 members (excludes halogenated alkanes) is 25. The summed E-state index contributed by atoms with van der Waals surface area (Å²) in [4.78, 5) is 10.3. The van der Waals surface area contributed by atoms with E-state index in [0.29, 0.717) is 13.0 Å². The Morgan fingerprint density at radius 2 is 0.825 bits per heavy atom. The van der Waals surface area contributed by atoms with E-state index >= 15 is 0 Å². The molecule has 0 fully saturated rings. The summed E-state index contributed by atoms with van der Waals surface area (Å²) in [6.45, 7) is 5.29. The number of hydrogen-bond donors (Lipinski definition) is 3. The number of aliphatic carboxylic acids is 1. The van der Waals surface area contributed by atoms with E-state index in [1.54, 1.807) is 0 Å². The lowest BCUT2D eigenvalue weighted by atomic mass is 10.0. The third kappa shape index (κ3) is 41.8. The molecule has 3 N–H and O–H groups in total. The van der Waals surface area contributed by atoms with Crippen molar-refractivity contribution in [2.24, 2.45) is 0 Å². The van der Waals surface area contributed by atoms with Gasteiger partial charge in [-0.15, -0.1) is 0 Å². The number of carboxylic acid groups (broad SMARTS) is 1. The van der Waals surface area contributed by atoms with Gasteiger partial charge >= 0.3 is 5.97 Å². The molecule has 0 amide bonds. The monoisotopic (exact) mass is 573 g/mol. The number of aliphatic hydroxyl groups is 2. The van der Waals surface area contributed by atoms with Crippen LogP contribution in [0.5, 0.6) is 0 Å². The van der Waals surface area contributed by atoms with Crippen LogP contribution in [0.2, 0.25) is 0 Å². The van der Waals surface area contributed by atoms with Crippen molar-refractivity contribution in [3.63, 3.8) is 0 Å². The highest BCUT2D eigenvalue weighted by Gasteiger charge is 2.01. The van der Waals surface area contributed by atoms with E-state index in [-0.39, 0.29) is 13.2 Å². The molecule has 0 saturated heterocycles. The van der Waals surface area contributed by atoms with Crippen molar-refractivity contribution in [3.8, 4) is 0 Å². The molecular formula is C35H72O5. The van der Waals surface area contributed by atoms with Gasteiger partial charge in [0.1, 0.15) is 6.10 Å². The van der Waals surface area contributed by atoms with Crippen LogP contribution in [0.25, 0.3) is 0 Å². The summed E-state index contributed by atoms with van der Waals surface area (Å²) in [7, 11) is 0. The van der Waals surface area contributed by atoms with Crippen molar-refractivity contribution < 1.29 is 24.9 Å². The smallest absolute Gasteiger partial charge is 0.303 e. The number of ether oxygens (including phenoxy) is 1. The van der Waals surface area contributed by atoms with Gasteiger partial charge in [-0.05, 0) is 12.8 Å². The second-order valence-corrected chi connectivity index (χ2v) is 11.9. The van der Waals surface area contributed by atoms with Crippen molar-refractivity contribution in [2.75, 3.05) is 19.8 Å². The average molecular weight is 573 g/mol. The molecule has 0 aromatic rings. The highest BCUT2D eigenvalue weighted by Crippen LogP contribution is 2.14. The Kier molecular flexibility index (Phi) is 39.8. The van der Waals surface area contributed by atoms with Crippen LogP contribution < -0.4 is 0 Å². The normalized spacial score (nSPS) is 11.8. The Morgan fingerprint density at radius 1 is 0.525 bits per heavy atom. The lowest BCUT2D eigenvalue weighted by molar-refractivity contribution is -0.137. The maximum atomic E-state index is 10.3. The predicted molar refractivity (Wildman–Crippen MR) is 172 cm³/mol. The fraction of sp³-hybridized carbons (Fsp3) is 0.971. The van der Waals surface area contributed by atoms with Crippen molar-refractivity contribution in [3.05, 3.63) is 0 Å². The minimum atomic E-state index is -0.715. The van der Waals surface area contributed by atoms with E-state index in [1.165, 1.54) is 154 Å². The van der Waals surface area contributed by atoms with Gasteiger partial charge in [0.05, 0.1) is 13.2 Å². The third-order valence-corrected chi connectivity index (χ3v) is 7.66. The first-order valence-electron chi connectivity index (χ1n) is 17.7. The van der Waals surface area contributed by atoms with Crippen LogP contribution in [0.1, 0.15) is 194 Å². The first-order chi connectivity index (χ1) is 19.6. The molecule has 0 aromatic heterocycles. The molecule has 1 atom stereocenters. The molecule has 40 heavy (non-hydrogen) atoms. The zero-order valence-electron chi connectivity index (χ0n) is 27.2. The topological polar surface area (TPSA) is 87.0 Å². The molecule has 5 heteroatoms. The fourth-order valence-electron chi connectivity index (χ4n) is 4.96. The van der Waals surface area contributed by atoms with Gasteiger partial charge in [-0.1, -0.05) is 174 Å². The van der Waals surface area contributed by atoms with Gasteiger partial charge in [-0.3, -0.25) is 4.79 Å². The van der Waals surface area contributed by atoms with E-state index < -0.39 is 12.1 Å². The molecule has 0 heterocycles. The quantitative estimate of drug-likeness (QED) is 0.0698. The molecular weight excluding hydrogens is 500 g/mol. The van der Waals surface area contributed by atoms with Crippen molar-refractivity contribution in [1.82, 2.24) is 0 Å².